The van der Waals surface area contributed by atoms with Crippen LogP contribution in [0.5, 0.6) is 0 Å². The van der Waals surface area contributed by atoms with Crippen molar-refractivity contribution >= 4 is 20.7 Å². The number of aromatic nitrogens is 1. The molecule has 0 aliphatic carbocycles. The third-order valence-corrected chi connectivity index (χ3v) is 4.91. The Kier molecular flexibility index (Phi) is 3.30. The van der Waals surface area contributed by atoms with E-state index in [9.17, 15) is 12.8 Å². The molecule has 0 amide bonds. The molecule has 0 bridgehead atoms. The highest BCUT2D eigenvalue weighted by atomic mass is 32.2. The molecule has 4 nitrogen and oxygen atoms in total. The second-order valence-electron chi connectivity index (χ2n) is 5.37. The molecule has 1 atom stereocenters. The number of nitrogens with one attached hydrogen (secondary N) is 1. The molecule has 1 fully saturated rings. The third kappa shape index (κ3) is 2.45. The maximum atomic E-state index is 13.4. The minimum absolute atomic E-state index is 0.199. The Bertz CT molecular complexity index is 746. The van der Waals surface area contributed by atoms with Gasteiger partial charge in [0.1, 0.15) is 5.82 Å². The van der Waals surface area contributed by atoms with Crippen molar-refractivity contribution in [2.24, 2.45) is 0 Å². The summed E-state index contributed by atoms with van der Waals surface area (Å²) in [5, 5.41) is 3.85. The summed E-state index contributed by atoms with van der Waals surface area (Å²) < 4.78 is 39.0. The van der Waals surface area contributed by atoms with E-state index < -0.39 is 15.7 Å². The van der Waals surface area contributed by atoms with Gasteiger partial charge in [-0.15, -0.1) is 0 Å². The lowest BCUT2D eigenvalue weighted by molar-refractivity contribution is 0.517. The van der Waals surface area contributed by atoms with E-state index in [-0.39, 0.29) is 4.90 Å². The van der Waals surface area contributed by atoms with Crippen molar-refractivity contribution in [3.05, 3.63) is 30.2 Å². The molecule has 1 aliphatic rings. The molecule has 0 unspecified atom stereocenters. The minimum Gasteiger partial charge on any atom is -0.345 e. The monoisotopic (exact) mass is 296 g/mol. The van der Waals surface area contributed by atoms with E-state index in [0.717, 1.165) is 31.2 Å². The normalized spacial score (nSPS) is 19.8. The second-order valence-corrected chi connectivity index (χ2v) is 7.36. The van der Waals surface area contributed by atoms with Gasteiger partial charge in [0.25, 0.3) is 0 Å². The Balaban J connectivity index is 2.12. The first-order valence-electron chi connectivity index (χ1n) is 6.67. The van der Waals surface area contributed by atoms with Gasteiger partial charge in [-0.25, -0.2) is 12.8 Å². The Morgan fingerprint density at radius 3 is 2.90 bits per heavy atom. The molecule has 108 valence electrons. The van der Waals surface area contributed by atoms with Gasteiger partial charge in [-0.1, -0.05) is 0 Å². The molecule has 3 rings (SSSR count). The zero-order valence-corrected chi connectivity index (χ0v) is 12.1. The van der Waals surface area contributed by atoms with Crippen LogP contribution in [0, 0.1) is 5.82 Å². The van der Waals surface area contributed by atoms with E-state index in [1.807, 2.05) is 4.57 Å². The van der Waals surface area contributed by atoms with Crippen LogP contribution in [0.15, 0.2) is 29.3 Å². The number of rotatable bonds is 3. The van der Waals surface area contributed by atoms with Gasteiger partial charge in [0, 0.05) is 35.9 Å². The van der Waals surface area contributed by atoms with Crippen molar-refractivity contribution in [1.29, 1.82) is 0 Å². The predicted octanol–water partition coefficient (Wildman–Crippen LogP) is 1.94. The second kappa shape index (κ2) is 4.86. The minimum atomic E-state index is -3.37. The molecule has 6 heteroatoms. The van der Waals surface area contributed by atoms with Gasteiger partial charge in [0.2, 0.25) is 0 Å². The van der Waals surface area contributed by atoms with Crippen LogP contribution in [0.25, 0.3) is 10.9 Å². The molecule has 20 heavy (non-hydrogen) atoms. The highest BCUT2D eigenvalue weighted by Gasteiger charge is 2.20. The number of hydrogen-bond donors (Lipinski definition) is 1. The predicted molar refractivity (Wildman–Crippen MR) is 76.0 cm³/mol. The fraction of sp³-hybridized carbons (Fsp3) is 0.429. The van der Waals surface area contributed by atoms with Crippen molar-refractivity contribution < 1.29 is 12.8 Å². The van der Waals surface area contributed by atoms with Crippen molar-refractivity contribution in [2.45, 2.75) is 30.3 Å². The Morgan fingerprint density at radius 1 is 1.45 bits per heavy atom. The number of hydrogen-bond acceptors (Lipinski definition) is 3. The zero-order valence-electron chi connectivity index (χ0n) is 11.3. The summed E-state index contributed by atoms with van der Waals surface area (Å²) in [6, 6.07) is 4.66. The van der Waals surface area contributed by atoms with E-state index in [0.29, 0.717) is 18.0 Å². The van der Waals surface area contributed by atoms with Crippen LogP contribution in [0.3, 0.4) is 0 Å². The highest BCUT2D eigenvalue weighted by Crippen LogP contribution is 2.27. The van der Waals surface area contributed by atoms with Gasteiger partial charge in [-0.05, 0) is 37.6 Å². The Hall–Kier alpha value is -1.40. The molecule has 2 heterocycles. The Labute approximate surface area is 117 Å². The lowest BCUT2D eigenvalue weighted by atomic mass is 10.2. The number of fused-ring (bicyclic) bond motifs is 1. The quantitative estimate of drug-likeness (QED) is 0.941. The fourth-order valence-corrected chi connectivity index (χ4v) is 3.71. The van der Waals surface area contributed by atoms with Gasteiger partial charge in [0.05, 0.1) is 4.90 Å². The van der Waals surface area contributed by atoms with E-state index >= 15 is 0 Å². The molecule has 2 aromatic rings. The molecule has 1 aromatic carbocycles. The molecule has 1 aromatic heterocycles. The van der Waals surface area contributed by atoms with Crippen LogP contribution in [-0.2, 0) is 16.4 Å². The summed E-state index contributed by atoms with van der Waals surface area (Å²) >= 11 is 0. The average Bonchev–Trinajstić information content (AvgIpc) is 2.97. The topological polar surface area (TPSA) is 51.1 Å². The number of sulfone groups is 1. The van der Waals surface area contributed by atoms with Gasteiger partial charge < -0.3 is 9.88 Å². The summed E-state index contributed by atoms with van der Waals surface area (Å²) in [7, 11) is -3.37. The Morgan fingerprint density at radius 2 is 2.25 bits per heavy atom. The first-order valence-corrected chi connectivity index (χ1v) is 8.56. The molecule has 0 saturated carbocycles. The van der Waals surface area contributed by atoms with Gasteiger partial charge in [-0.3, -0.25) is 0 Å². The summed E-state index contributed by atoms with van der Waals surface area (Å²) in [5.41, 5.74) is 0.764. The maximum absolute atomic E-state index is 13.4. The average molecular weight is 296 g/mol. The fourth-order valence-electron chi connectivity index (χ4n) is 2.83. The van der Waals surface area contributed by atoms with Crippen LogP contribution < -0.4 is 5.32 Å². The standard InChI is InChI=1S/C14H17FN2O2S/c1-20(18,19)14-9-17(8-11-3-2-6-16-11)13-5-4-10(15)7-12(13)14/h4-5,7,9,11,16H,2-3,6,8H2,1H3/t11-/m0/s1. The number of nitrogens with zero attached hydrogens (tertiary/aromatic N) is 1. The van der Waals surface area contributed by atoms with E-state index in [2.05, 4.69) is 5.32 Å². The van der Waals surface area contributed by atoms with Crippen LogP contribution in [0.2, 0.25) is 0 Å². The van der Waals surface area contributed by atoms with Crippen molar-refractivity contribution in [1.82, 2.24) is 9.88 Å². The molecule has 1 N–H and O–H groups in total. The van der Waals surface area contributed by atoms with Crippen LogP contribution in [-0.4, -0.2) is 31.8 Å². The van der Waals surface area contributed by atoms with Gasteiger partial charge >= 0.3 is 0 Å². The number of halogens is 1. The summed E-state index contributed by atoms with van der Waals surface area (Å²) in [6.07, 6.45) is 5.00. The molecular formula is C14H17FN2O2S. The van der Waals surface area contributed by atoms with Crippen LogP contribution in [0.4, 0.5) is 4.39 Å². The summed E-state index contributed by atoms with van der Waals surface area (Å²) in [4.78, 5) is 0.199. The lowest BCUT2D eigenvalue weighted by Gasteiger charge is -2.12. The third-order valence-electron chi connectivity index (χ3n) is 3.79. The molecule has 1 aliphatic heterocycles. The highest BCUT2D eigenvalue weighted by molar-refractivity contribution is 7.91. The largest absolute Gasteiger partial charge is 0.345 e. The molecular weight excluding hydrogens is 279 g/mol. The number of benzene rings is 1. The van der Waals surface area contributed by atoms with E-state index in [4.69, 9.17) is 0 Å². The van der Waals surface area contributed by atoms with Crippen LogP contribution in [0.1, 0.15) is 12.8 Å². The summed E-state index contributed by atoms with van der Waals surface area (Å²) in [6.45, 7) is 1.70. The van der Waals surface area contributed by atoms with E-state index in [1.54, 1.807) is 12.3 Å². The van der Waals surface area contributed by atoms with Crippen molar-refractivity contribution in [2.75, 3.05) is 12.8 Å². The summed E-state index contributed by atoms with van der Waals surface area (Å²) in [5.74, 6) is -0.417. The SMILES string of the molecule is CS(=O)(=O)c1cn(C[C@@H]2CCCN2)c2ccc(F)cc12. The smallest absolute Gasteiger partial charge is 0.177 e. The van der Waals surface area contributed by atoms with Gasteiger partial charge in [0.15, 0.2) is 9.84 Å². The van der Waals surface area contributed by atoms with Crippen LogP contribution >= 0.6 is 0 Å². The van der Waals surface area contributed by atoms with Gasteiger partial charge in [-0.2, -0.15) is 0 Å². The maximum Gasteiger partial charge on any atom is 0.177 e. The molecule has 0 spiro atoms. The van der Waals surface area contributed by atoms with E-state index in [1.165, 1.54) is 12.1 Å². The first-order chi connectivity index (χ1) is 9.45. The lowest BCUT2D eigenvalue weighted by Crippen LogP contribution is -2.26. The van der Waals surface area contributed by atoms with Crippen molar-refractivity contribution in [3.63, 3.8) is 0 Å². The zero-order chi connectivity index (χ0) is 14.3. The van der Waals surface area contributed by atoms with Crippen molar-refractivity contribution in [3.8, 4) is 0 Å². The first kappa shape index (κ1) is 13.6. The molecule has 1 saturated heterocycles. The molecule has 0 radical (unpaired) electrons.